The number of fused-ring (bicyclic) bond motifs is 1. The second kappa shape index (κ2) is 11.4. The van der Waals surface area contributed by atoms with Gasteiger partial charge in [0.15, 0.2) is 0 Å². The lowest BCUT2D eigenvalue weighted by atomic mass is 10.1. The molecule has 35 heavy (non-hydrogen) atoms. The Balaban J connectivity index is 1.53. The summed E-state index contributed by atoms with van der Waals surface area (Å²) >= 11 is 0. The van der Waals surface area contributed by atoms with Crippen molar-refractivity contribution in [1.29, 1.82) is 0 Å². The van der Waals surface area contributed by atoms with Crippen molar-refractivity contribution in [3.05, 3.63) is 102 Å². The Hall–Kier alpha value is -4.06. The lowest BCUT2D eigenvalue weighted by Gasteiger charge is -2.19. The van der Waals surface area contributed by atoms with E-state index in [2.05, 4.69) is 0 Å². The van der Waals surface area contributed by atoms with Gasteiger partial charge in [-0.2, -0.15) is 0 Å². The Bertz CT molecular complexity index is 1280. The van der Waals surface area contributed by atoms with Crippen LogP contribution in [0, 0.1) is 0 Å². The molecule has 1 amide bonds. The van der Waals surface area contributed by atoms with E-state index in [1.807, 2.05) is 78.9 Å². The molecule has 0 bridgehead atoms. The van der Waals surface area contributed by atoms with Crippen LogP contribution in [0.2, 0.25) is 0 Å². The Morgan fingerprint density at radius 3 is 2.26 bits per heavy atom. The number of likely N-dealkylation sites (N-methyl/N-ethyl adjacent to an activating group) is 1. The standard InChI is InChI=1S/C29H30N2O4/c1-3-34-29(33)27-19-24-18-25(35-21-23-12-8-5-9-13-23)14-15-26(24)31(27)20-28(32)30(2)17-16-22-10-6-4-7-11-22/h4-15,18-19H,3,16-17,20-21H2,1-2H3. The van der Waals surface area contributed by atoms with Crippen molar-refractivity contribution in [3.63, 3.8) is 0 Å². The number of amides is 1. The lowest BCUT2D eigenvalue weighted by molar-refractivity contribution is -0.130. The Kier molecular flexibility index (Phi) is 7.83. The van der Waals surface area contributed by atoms with Crippen molar-refractivity contribution in [2.45, 2.75) is 26.5 Å². The normalized spacial score (nSPS) is 10.8. The third-order valence-corrected chi connectivity index (χ3v) is 5.90. The highest BCUT2D eigenvalue weighted by Crippen LogP contribution is 2.26. The molecule has 6 nitrogen and oxygen atoms in total. The smallest absolute Gasteiger partial charge is 0.354 e. The van der Waals surface area contributed by atoms with Crippen LogP contribution in [0.5, 0.6) is 5.75 Å². The van der Waals surface area contributed by atoms with Gasteiger partial charge in [-0.25, -0.2) is 4.79 Å². The average Bonchev–Trinajstić information content (AvgIpc) is 3.25. The molecular formula is C29H30N2O4. The number of carbonyl (C=O) groups excluding carboxylic acids is 2. The van der Waals surface area contributed by atoms with E-state index in [4.69, 9.17) is 9.47 Å². The van der Waals surface area contributed by atoms with Crippen molar-refractivity contribution in [1.82, 2.24) is 9.47 Å². The van der Waals surface area contributed by atoms with E-state index in [9.17, 15) is 9.59 Å². The zero-order valence-corrected chi connectivity index (χ0v) is 20.1. The molecule has 1 heterocycles. The first-order valence-electron chi connectivity index (χ1n) is 11.8. The van der Waals surface area contributed by atoms with Crippen molar-refractivity contribution < 1.29 is 19.1 Å². The van der Waals surface area contributed by atoms with Crippen LogP contribution in [0.15, 0.2) is 84.9 Å². The first-order chi connectivity index (χ1) is 17.0. The number of rotatable bonds is 10. The third-order valence-electron chi connectivity index (χ3n) is 5.90. The van der Waals surface area contributed by atoms with Crippen LogP contribution >= 0.6 is 0 Å². The molecule has 0 radical (unpaired) electrons. The fourth-order valence-electron chi connectivity index (χ4n) is 3.95. The van der Waals surface area contributed by atoms with Gasteiger partial charge in [0.05, 0.1) is 6.61 Å². The van der Waals surface area contributed by atoms with Gasteiger partial charge in [0.25, 0.3) is 0 Å². The predicted octanol–water partition coefficient (Wildman–Crippen LogP) is 5.10. The molecule has 0 saturated carbocycles. The second-order valence-corrected chi connectivity index (χ2v) is 8.38. The summed E-state index contributed by atoms with van der Waals surface area (Å²) < 4.78 is 12.9. The van der Waals surface area contributed by atoms with E-state index >= 15 is 0 Å². The van der Waals surface area contributed by atoms with Gasteiger partial charge in [-0.05, 0) is 48.7 Å². The van der Waals surface area contributed by atoms with Gasteiger partial charge < -0.3 is 18.9 Å². The van der Waals surface area contributed by atoms with Crippen molar-refractivity contribution in [3.8, 4) is 5.75 Å². The molecule has 180 valence electrons. The van der Waals surface area contributed by atoms with E-state index in [0.717, 1.165) is 22.9 Å². The van der Waals surface area contributed by atoms with Gasteiger partial charge in [-0.3, -0.25) is 4.79 Å². The van der Waals surface area contributed by atoms with E-state index < -0.39 is 5.97 Å². The maximum Gasteiger partial charge on any atom is 0.354 e. The molecule has 4 rings (SSSR count). The van der Waals surface area contributed by atoms with Crippen LogP contribution in [0.3, 0.4) is 0 Å². The van der Waals surface area contributed by atoms with Crippen LogP contribution in [0.25, 0.3) is 10.9 Å². The summed E-state index contributed by atoms with van der Waals surface area (Å²) in [4.78, 5) is 27.5. The first kappa shape index (κ1) is 24.1. The zero-order chi connectivity index (χ0) is 24.6. The van der Waals surface area contributed by atoms with Gasteiger partial charge in [-0.1, -0.05) is 60.7 Å². The minimum Gasteiger partial charge on any atom is -0.489 e. The topological polar surface area (TPSA) is 60.8 Å². The van der Waals surface area contributed by atoms with Gasteiger partial charge in [0.2, 0.25) is 5.91 Å². The maximum atomic E-state index is 13.1. The fourth-order valence-corrected chi connectivity index (χ4v) is 3.95. The molecule has 0 atom stereocenters. The minimum atomic E-state index is -0.449. The van der Waals surface area contributed by atoms with E-state index in [1.54, 1.807) is 29.5 Å². The Morgan fingerprint density at radius 1 is 0.886 bits per heavy atom. The van der Waals surface area contributed by atoms with E-state index in [0.29, 0.717) is 24.6 Å². The summed E-state index contributed by atoms with van der Waals surface area (Å²) in [5, 5.41) is 0.818. The molecule has 0 N–H and O–H groups in total. The minimum absolute atomic E-state index is 0.0488. The second-order valence-electron chi connectivity index (χ2n) is 8.38. The van der Waals surface area contributed by atoms with E-state index in [-0.39, 0.29) is 19.1 Å². The summed E-state index contributed by atoms with van der Waals surface area (Å²) in [6, 6.07) is 27.4. The molecule has 0 spiro atoms. The first-order valence-corrected chi connectivity index (χ1v) is 11.8. The summed E-state index contributed by atoms with van der Waals surface area (Å²) in [7, 11) is 1.79. The predicted molar refractivity (Wildman–Crippen MR) is 136 cm³/mol. The maximum absolute atomic E-state index is 13.1. The number of hydrogen-bond donors (Lipinski definition) is 0. The Morgan fingerprint density at radius 2 is 1.57 bits per heavy atom. The van der Waals surface area contributed by atoms with Gasteiger partial charge in [-0.15, -0.1) is 0 Å². The number of benzene rings is 3. The molecule has 4 aromatic rings. The molecule has 6 heteroatoms. The quantitative estimate of drug-likeness (QED) is 0.303. The molecule has 0 aliphatic rings. The lowest BCUT2D eigenvalue weighted by Crippen LogP contribution is -2.32. The van der Waals surface area contributed by atoms with Crippen LogP contribution in [0.4, 0.5) is 0 Å². The van der Waals surface area contributed by atoms with Crippen LogP contribution < -0.4 is 4.74 Å². The molecule has 3 aromatic carbocycles. The largest absolute Gasteiger partial charge is 0.489 e. The summed E-state index contributed by atoms with van der Waals surface area (Å²) in [6.07, 6.45) is 0.766. The van der Waals surface area contributed by atoms with Crippen molar-refractivity contribution in [2.24, 2.45) is 0 Å². The number of ether oxygens (including phenoxy) is 2. The number of carbonyl (C=O) groups is 2. The zero-order valence-electron chi connectivity index (χ0n) is 20.1. The number of aromatic nitrogens is 1. The SMILES string of the molecule is CCOC(=O)c1cc2cc(OCc3ccccc3)ccc2n1CC(=O)N(C)CCc1ccccc1. The third kappa shape index (κ3) is 6.09. The molecule has 1 aromatic heterocycles. The molecule has 0 fully saturated rings. The highest BCUT2D eigenvalue weighted by atomic mass is 16.5. The summed E-state index contributed by atoms with van der Waals surface area (Å²) in [5.74, 6) is 0.170. The average molecular weight is 471 g/mol. The molecule has 0 saturated heterocycles. The molecule has 0 aliphatic heterocycles. The highest BCUT2D eigenvalue weighted by Gasteiger charge is 2.20. The van der Waals surface area contributed by atoms with Crippen LogP contribution in [-0.2, 0) is 29.1 Å². The van der Waals surface area contributed by atoms with E-state index in [1.165, 1.54) is 5.56 Å². The van der Waals surface area contributed by atoms with Crippen molar-refractivity contribution >= 4 is 22.8 Å². The van der Waals surface area contributed by atoms with Crippen LogP contribution in [0.1, 0.15) is 28.5 Å². The van der Waals surface area contributed by atoms with Gasteiger partial charge in [0, 0.05) is 24.5 Å². The number of hydrogen-bond acceptors (Lipinski definition) is 4. The fraction of sp³-hybridized carbons (Fsp3) is 0.241. The number of nitrogens with zero attached hydrogens (tertiary/aromatic N) is 2. The highest BCUT2D eigenvalue weighted by molar-refractivity contribution is 5.97. The number of esters is 1. The van der Waals surface area contributed by atoms with Crippen molar-refractivity contribution in [2.75, 3.05) is 20.2 Å². The van der Waals surface area contributed by atoms with Crippen LogP contribution in [-0.4, -0.2) is 41.5 Å². The molecule has 0 aliphatic carbocycles. The summed E-state index contributed by atoms with van der Waals surface area (Å²) in [5.41, 5.74) is 3.38. The monoisotopic (exact) mass is 470 g/mol. The Labute approximate surface area is 205 Å². The van der Waals surface area contributed by atoms with Gasteiger partial charge in [0.1, 0.15) is 24.6 Å². The summed E-state index contributed by atoms with van der Waals surface area (Å²) in [6.45, 7) is 3.11. The van der Waals surface area contributed by atoms with Gasteiger partial charge >= 0.3 is 5.97 Å². The molecule has 0 unspecified atom stereocenters. The molecular weight excluding hydrogens is 440 g/mol.